The Hall–Kier alpha value is -2.63. The molecule has 0 fully saturated rings. The first kappa shape index (κ1) is 10.5. The second-order valence-electron chi connectivity index (χ2n) is 3.83. The molecule has 0 atom stereocenters. The van der Waals surface area contributed by atoms with Crippen LogP contribution in [-0.2, 0) is 6.61 Å². The number of hydrogen-bond acceptors (Lipinski definition) is 4. The van der Waals surface area contributed by atoms with Gasteiger partial charge in [-0.05, 0) is 10.5 Å². The molecule has 2 aromatic heterocycles. The SMILES string of the molecule is Nc1nc2nc[nH]c2c(OCc2ccccc2)[nH+]1. The van der Waals surface area contributed by atoms with Crippen LogP contribution in [0.1, 0.15) is 5.56 Å². The minimum atomic E-state index is 0.276. The molecule has 0 radical (unpaired) electrons. The highest BCUT2D eigenvalue weighted by molar-refractivity contribution is 5.74. The molecule has 90 valence electrons. The minimum absolute atomic E-state index is 0.276. The molecule has 0 amide bonds. The number of hydrogen-bond donors (Lipinski definition) is 2. The van der Waals surface area contributed by atoms with Crippen molar-refractivity contribution < 1.29 is 9.72 Å². The largest absolute Gasteiger partial charge is 0.461 e. The van der Waals surface area contributed by atoms with Gasteiger partial charge in [0.1, 0.15) is 6.61 Å². The third-order valence-electron chi connectivity index (χ3n) is 2.54. The molecule has 6 heteroatoms. The molecule has 6 nitrogen and oxygen atoms in total. The van der Waals surface area contributed by atoms with Crippen molar-refractivity contribution in [1.82, 2.24) is 15.0 Å². The van der Waals surface area contributed by atoms with Gasteiger partial charge in [-0.15, -0.1) is 0 Å². The fraction of sp³-hybridized carbons (Fsp3) is 0.0833. The maximum Gasteiger partial charge on any atom is 0.392 e. The van der Waals surface area contributed by atoms with Crippen LogP contribution in [-0.4, -0.2) is 15.0 Å². The van der Waals surface area contributed by atoms with Crippen molar-refractivity contribution in [2.75, 3.05) is 5.73 Å². The molecule has 18 heavy (non-hydrogen) atoms. The number of rotatable bonds is 3. The second-order valence-corrected chi connectivity index (χ2v) is 3.83. The van der Waals surface area contributed by atoms with E-state index in [1.807, 2.05) is 30.3 Å². The Morgan fingerprint density at radius 1 is 1.28 bits per heavy atom. The molecule has 0 spiro atoms. The fourth-order valence-corrected chi connectivity index (χ4v) is 1.70. The van der Waals surface area contributed by atoms with Gasteiger partial charge in [0, 0.05) is 0 Å². The summed E-state index contributed by atoms with van der Waals surface area (Å²) in [6.45, 7) is 0.453. The second kappa shape index (κ2) is 4.33. The predicted octanol–water partition coefficient (Wildman–Crippen LogP) is 0.933. The van der Waals surface area contributed by atoms with Crippen molar-refractivity contribution in [2.45, 2.75) is 6.61 Å². The van der Waals surface area contributed by atoms with Crippen LogP contribution in [0, 0.1) is 0 Å². The molecular formula is C12H12N5O+. The van der Waals surface area contributed by atoms with Crippen molar-refractivity contribution in [3.05, 3.63) is 42.2 Å². The highest BCUT2D eigenvalue weighted by Crippen LogP contribution is 2.17. The summed E-state index contributed by atoms with van der Waals surface area (Å²) < 4.78 is 5.70. The van der Waals surface area contributed by atoms with Crippen molar-refractivity contribution in [3.8, 4) is 5.88 Å². The van der Waals surface area contributed by atoms with Crippen LogP contribution in [0.15, 0.2) is 36.7 Å². The highest BCUT2D eigenvalue weighted by atomic mass is 16.5. The van der Waals surface area contributed by atoms with Crippen molar-refractivity contribution in [2.24, 2.45) is 0 Å². The molecule has 3 aromatic rings. The number of H-pyrrole nitrogens is 2. The van der Waals surface area contributed by atoms with E-state index in [0.717, 1.165) is 5.56 Å². The van der Waals surface area contributed by atoms with Gasteiger partial charge in [0.05, 0.1) is 6.33 Å². The summed E-state index contributed by atoms with van der Waals surface area (Å²) in [7, 11) is 0. The van der Waals surface area contributed by atoms with Gasteiger partial charge in [-0.2, -0.15) is 0 Å². The molecule has 3 rings (SSSR count). The lowest BCUT2D eigenvalue weighted by Gasteiger charge is -2.04. The van der Waals surface area contributed by atoms with Crippen molar-refractivity contribution >= 4 is 17.1 Å². The number of nitrogens with two attached hydrogens (primary N) is 1. The smallest absolute Gasteiger partial charge is 0.392 e. The van der Waals surface area contributed by atoms with E-state index in [1.54, 1.807) is 6.33 Å². The van der Waals surface area contributed by atoms with Gasteiger partial charge >= 0.3 is 5.95 Å². The van der Waals surface area contributed by atoms with Gasteiger partial charge in [-0.1, -0.05) is 30.3 Å². The Labute approximate surface area is 103 Å². The Morgan fingerprint density at radius 2 is 2.11 bits per heavy atom. The van der Waals surface area contributed by atoms with E-state index >= 15 is 0 Å². The zero-order valence-corrected chi connectivity index (χ0v) is 9.55. The highest BCUT2D eigenvalue weighted by Gasteiger charge is 2.14. The van der Waals surface area contributed by atoms with E-state index in [-0.39, 0.29) is 5.95 Å². The summed E-state index contributed by atoms with van der Waals surface area (Å²) in [5.74, 6) is 0.816. The van der Waals surface area contributed by atoms with E-state index < -0.39 is 0 Å². The molecule has 0 aliphatic carbocycles. The van der Waals surface area contributed by atoms with Gasteiger partial charge in [0.2, 0.25) is 0 Å². The Balaban J connectivity index is 1.88. The van der Waals surface area contributed by atoms with Gasteiger partial charge in [0.15, 0.2) is 5.52 Å². The lowest BCUT2D eigenvalue weighted by atomic mass is 10.2. The Kier molecular flexibility index (Phi) is 2.53. The molecule has 4 N–H and O–H groups in total. The van der Waals surface area contributed by atoms with E-state index in [1.165, 1.54) is 0 Å². The summed E-state index contributed by atoms with van der Waals surface area (Å²) in [6.07, 6.45) is 1.56. The first-order valence-corrected chi connectivity index (χ1v) is 5.51. The number of aromatic nitrogens is 4. The average molecular weight is 242 g/mol. The normalized spacial score (nSPS) is 10.7. The van der Waals surface area contributed by atoms with E-state index in [9.17, 15) is 0 Å². The number of nitrogen functional groups attached to an aromatic ring is 1. The summed E-state index contributed by atoms with van der Waals surface area (Å²) >= 11 is 0. The number of nitrogens with zero attached hydrogens (tertiary/aromatic N) is 2. The molecule has 0 unspecified atom stereocenters. The van der Waals surface area contributed by atoms with Gasteiger partial charge < -0.3 is 9.72 Å². The number of fused-ring (bicyclic) bond motifs is 1. The molecule has 0 saturated carbocycles. The van der Waals surface area contributed by atoms with Crippen LogP contribution in [0.2, 0.25) is 0 Å². The lowest BCUT2D eigenvalue weighted by Crippen LogP contribution is -2.17. The van der Waals surface area contributed by atoms with E-state index in [0.29, 0.717) is 23.7 Å². The summed E-state index contributed by atoms with van der Waals surface area (Å²) in [6, 6.07) is 9.89. The number of nitrogens with one attached hydrogen (secondary N) is 2. The van der Waals surface area contributed by atoms with Crippen LogP contribution in [0.25, 0.3) is 11.2 Å². The number of aromatic amines is 2. The zero-order valence-electron chi connectivity index (χ0n) is 9.55. The van der Waals surface area contributed by atoms with Crippen molar-refractivity contribution in [3.63, 3.8) is 0 Å². The summed E-state index contributed by atoms with van der Waals surface area (Å²) in [5, 5.41) is 0. The Morgan fingerprint density at radius 3 is 2.94 bits per heavy atom. The quantitative estimate of drug-likeness (QED) is 0.714. The maximum absolute atomic E-state index is 5.70. The van der Waals surface area contributed by atoms with Crippen molar-refractivity contribution in [1.29, 1.82) is 0 Å². The Bertz CT molecular complexity index is 665. The monoisotopic (exact) mass is 242 g/mol. The van der Waals surface area contributed by atoms with Gasteiger partial charge in [-0.3, -0.25) is 5.73 Å². The first-order chi connectivity index (χ1) is 8.83. The standard InChI is InChI=1S/C12H11N5O/c13-12-16-10-9(14-7-15-10)11(17-12)18-6-8-4-2-1-3-5-8/h1-5,7H,6H2,(H3,13,14,15,16,17)/p+1. The van der Waals surface area contributed by atoms with Crippen LogP contribution in [0.3, 0.4) is 0 Å². The third kappa shape index (κ3) is 1.95. The molecule has 0 aliphatic rings. The number of ether oxygens (including phenoxy) is 1. The number of anilines is 1. The molecule has 0 saturated heterocycles. The fourth-order valence-electron chi connectivity index (χ4n) is 1.70. The molecule has 2 heterocycles. The molecule has 0 bridgehead atoms. The van der Waals surface area contributed by atoms with Gasteiger partial charge in [-0.25, -0.2) is 9.97 Å². The van der Waals surface area contributed by atoms with E-state index in [4.69, 9.17) is 10.5 Å². The van der Waals surface area contributed by atoms with Crippen LogP contribution in [0.4, 0.5) is 5.95 Å². The molecule has 1 aromatic carbocycles. The lowest BCUT2D eigenvalue weighted by molar-refractivity contribution is -0.380. The predicted molar refractivity (Wildman–Crippen MR) is 65.6 cm³/mol. The summed E-state index contributed by atoms with van der Waals surface area (Å²) in [5.41, 5.74) is 7.97. The third-order valence-corrected chi connectivity index (χ3v) is 2.54. The average Bonchev–Trinajstić information content (AvgIpc) is 2.85. The van der Waals surface area contributed by atoms with Crippen LogP contribution in [0.5, 0.6) is 5.88 Å². The van der Waals surface area contributed by atoms with E-state index in [2.05, 4.69) is 19.9 Å². The summed E-state index contributed by atoms with van der Waals surface area (Å²) in [4.78, 5) is 13.9. The van der Waals surface area contributed by atoms with Crippen LogP contribution >= 0.6 is 0 Å². The van der Waals surface area contributed by atoms with Crippen LogP contribution < -0.4 is 15.5 Å². The maximum atomic E-state index is 5.70. The number of benzene rings is 1. The zero-order chi connectivity index (χ0) is 12.4. The topological polar surface area (TPSA) is 91.0 Å². The minimum Gasteiger partial charge on any atom is -0.461 e. The first-order valence-electron chi connectivity index (χ1n) is 5.51. The molecular weight excluding hydrogens is 230 g/mol. The van der Waals surface area contributed by atoms with Gasteiger partial charge in [0.25, 0.3) is 11.5 Å². The molecule has 0 aliphatic heterocycles. The number of imidazole rings is 1.